The normalized spacial score (nSPS) is 22.5. The Labute approximate surface area is 117 Å². The Morgan fingerprint density at radius 2 is 2.11 bits per heavy atom. The highest BCUT2D eigenvalue weighted by Crippen LogP contribution is 2.26. The lowest BCUT2D eigenvalue weighted by atomic mass is 9.87. The zero-order valence-electron chi connectivity index (χ0n) is 11.5. The molecule has 5 nitrogen and oxygen atoms in total. The van der Waals surface area contributed by atoms with Crippen LogP contribution in [0.25, 0.3) is 0 Å². The first kappa shape index (κ1) is 14.0. The van der Waals surface area contributed by atoms with Crippen molar-refractivity contribution in [3.8, 4) is 0 Å². The Morgan fingerprint density at radius 1 is 1.42 bits per heavy atom. The quantitative estimate of drug-likeness (QED) is 0.911. The number of carbonyl (C=O) groups is 2. The molecule has 0 bridgehead atoms. The van der Waals surface area contributed by atoms with E-state index in [1.807, 2.05) is 13.8 Å². The summed E-state index contributed by atoms with van der Waals surface area (Å²) in [5.41, 5.74) is 0.996. The highest BCUT2D eigenvalue weighted by molar-refractivity contribution is 7.09. The molecule has 0 radical (unpaired) electrons. The van der Waals surface area contributed by atoms with Crippen LogP contribution in [0.5, 0.6) is 0 Å². The average molecular weight is 281 g/mol. The van der Waals surface area contributed by atoms with Crippen LogP contribution in [0.1, 0.15) is 38.5 Å². The summed E-state index contributed by atoms with van der Waals surface area (Å²) in [4.78, 5) is 31.5. The van der Waals surface area contributed by atoms with Crippen molar-refractivity contribution in [3.05, 3.63) is 16.6 Å². The van der Waals surface area contributed by atoms with E-state index in [-0.39, 0.29) is 11.8 Å². The van der Waals surface area contributed by atoms with Crippen LogP contribution in [0.3, 0.4) is 0 Å². The highest BCUT2D eigenvalue weighted by Gasteiger charge is 2.47. The van der Waals surface area contributed by atoms with Crippen LogP contribution in [0.15, 0.2) is 11.7 Å². The first-order valence-corrected chi connectivity index (χ1v) is 7.42. The third-order valence-corrected chi connectivity index (χ3v) is 4.66. The van der Waals surface area contributed by atoms with Crippen molar-refractivity contribution in [1.82, 2.24) is 15.2 Å². The molecule has 1 N–H and O–H groups in total. The molecule has 2 amide bonds. The SMILES string of the molecule is CCC1(CC)NC(=O)C(C)N(Cc2cncs2)C1=O. The minimum atomic E-state index is -0.742. The number of piperazine rings is 1. The van der Waals surface area contributed by atoms with Gasteiger partial charge in [0.25, 0.3) is 0 Å². The number of amides is 2. The molecule has 0 saturated carbocycles. The van der Waals surface area contributed by atoms with E-state index in [1.165, 1.54) is 11.3 Å². The van der Waals surface area contributed by atoms with Crippen molar-refractivity contribution in [2.24, 2.45) is 0 Å². The lowest BCUT2D eigenvalue weighted by Gasteiger charge is -2.44. The lowest BCUT2D eigenvalue weighted by molar-refractivity contribution is -0.155. The summed E-state index contributed by atoms with van der Waals surface area (Å²) in [5.74, 6) is -0.0641. The molecule has 0 aliphatic carbocycles. The summed E-state index contributed by atoms with van der Waals surface area (Å²) in [5, 5.41) is 2.90. The smallest absolute Gasteiger partial charge is 0.249 e. The van der Waals surface area contributed by atoms with E-state index in [9.17, 15) is 9.59 Å². The van der Waals surface area contributed by atoms with E-state index in [1.54, 1.807) is 23.5 Å². The van der Waals surface area contributed by atoms with Gasteiger partial charge in [-0.1, -0.05) is 13.8 Å². The third-order valence-electron chi connectivity index (χ3n) is 3.90. The maximum absolute atomic E-state index is 12.7. The van der Waals surface area contributed by atoms with Gasteiger partial charge in [0.15, 0.2) is 0 Å². The molecule has 2 heterocycles. The Bertz CT molecular complexity index is 468. The fraction of sp³-hybridized carbons (Fsp3) is 0.615. The molecule has 6 heteroatoms. The van der Waals surface area contributed by atoms with E-state index < -0.39 is 11.6 Å². The lowest BCUT2D eigenvalue weighted by Crippen LogP contribution is -2.69. The van der Waals surface area contributed by atoms with E-state index in [4.69, 9.17) is 0 Å². The maximum atomic E-state index is 12.7. The van der Waals surface area contributed by atoms with Gasteiger partial charge in [0.1, 0.15) is 11.6 Å². The number of thiazole rings is 1. The zero-order valence-corrected chi connectivity index (χ0v) is 12.3. The first-order valence-electron chi connectivity index (χ1n) is 6.54. The molecule has 0 spiro atoms. The van der Waals surface area contributed by atoms with Crippen LogP contribution >= 0.6 is 11.3 Å². The van der Waals surface area contributed by atoms with Crippen LogP contribution in [-0.4, -0.2) is 33.3 Å². The Balaban J connectivity index is 2.28. The number of rotatable bonds is 4. The standard InChI is InChI=1S/C13H19N3O2S/c1-4-13(5-2)12(18)16(9(3)11(17)15-13)7-10-6-14-8-19-10/h6,8-9H,4-5,7H2,1-3H3,(H,15,17). The van der Waals surface area contributed by atoms with Gasteiger partial charge in [-0.2, -0.15) is 0 Å². The predicted molar refractivity (Wildman–Crippen MR) is 73.6 cm³/mol. The minimum Gasteiger partial charge on any atom is -0.340 e. The van der Waals surface area contributed by atoms with E-state index >= 15 is 0 Å². The van der Waals surface area contributed by atoms with Gasteiger partial charge in [0.2, 0.25) is 11.8 Å². The van der Waals surface area contributed by atoms with Crippen molar-refractivity contribution < 1.29 is 9.59 Å². The van der Waals surface area contributed by atoms with Gasteiger partial charge in [-0.05, 0) is 19.8 Å². The monoisotopic (exact) mass is 281 g/mol. The van der Waals surface area contributed by atoms with Crippen molar-refractivity contribution in [2.75, 3.05) is 0 Å². The second-order valence-corrected chi connectivity index (χ2v) is 5.83. The molecule has 1 fully saturated rings. The van der Waals surface area contributed by atoms with Crippen LogP contribution in [0.4, 0.5) is 0 Å². The fourth-order valence-electron chi connectivity index (χ4n) is 2.41. The van der Waals surface area contributed by atoms with E-state index in [2.05, 4.69) is 10.3 Å². The molecular formula is C13H19N3O2S. The van der Waals surface area contributed by atoms with Crippen LogP contribution in [0.2, 0.25) is 0 Å². The molecule has 1 aliphatic rings. The fourth-order valence-corrected chi connectivity index (χ4v) is 3.00. The summed E-state index contributed by atoms with van der Waals surface area (Å²) in [6, 6.07) is -0.430. The van der Waals surface area contributed by atoms with Crippen LogP contribution < -0.4 is 5.32 Å². The number of hydrogen-bond donors (Lipinski definition) is 1. The molecule has 1 aromatic heterocycles. The van der Waals surface area contributed by atoms with Crippen molar-refractivity contribution in [1.29, 1.82) is 0 Å². The molecule has 1 atom stereocenters. The van der Waals surface area contributed by atoms with Gasteiger partial charge in [-0.3, -0.25) is 14.6 Å². The third kappa shape index (κ3) is 2.36. The molecule has 104 valence electrons. The number of aromatic nitrogens is 1. The molecule has 1 unspecified atom stereocenters. The largest absolute Gasteiger partial charge is 0.340 e. The first-order chi connectivity index (χ1) is 9.04. The summed E-state index contributed by atoms with van der Waals surface area (Å²) in [6.45, 7) is 6.09. The van der Waals surface area contributed by atoms with Crippen LogP contribution in [-0.2, 0) is 16.1 Å². The Morgan fingerprint density at radius 3 is 2.63 bits per heavy atom. The molecule has 1 saturated heterocycles. The molecular weight excluding hydrogens is 262 g/mol. The highest BCUT2D eigenvalue weighted by atomic mass is 32.1. The summed E-state index contributed by atoms with van der Waals surface area (Å²) in [6.07, 6.45) is 2.97. The maximum Gasteiger partial charge on any atom is 0.249 e. The number of nitrogens with zero attached hydrogens (tertiary/aromatic N) is 2. The van der Waals surface area contributed by atoms with Crippen molar-refractivity contribution >= 4 is 23.2 Å². The molecule has 0 aromatic carbocycles. The van der Waals surface area contributed by atoms with E-state index in [0.29, 0.717) is 19.4 Å². The number of carbonyl (C=O) groups excluding carboxylic acids is 2. The number of nitrogens with one attached hydrogen (secondary N) is 1. The zero-order chi connectivity index (χ0) is 14.0. The topological polar surface area (TPSA) is 62.3 Å². The predicted octanol–water partition coefficient (Wildman–Crippen LogP) is 1.55. The van der Waals surface area contributed by atoms with Gasteiger partial charge in [-0.15, -0.1) is 11.3 Å². The second-order valence-electron chi connectivity index (χ2n) is 4.86. The van der Waals surface area contributed by atoms with E-state index in [0.717, 1.165) is 4.88 Å². The van der Waals surface area contributed by atoms with Gasteiger partial charge < -0.3 is 10.2 Å². The Kier molecular flexibility index (Phi) is 3.89. The number of hydrogen-bond acceptors (Lipinski definition) is 4. The molecule has 2 rings (SSSR count). The average Bonchev–Trinajstić information content (AvgIpc) is 2.92. The summed E-state index contributed by atoms with van der Waals surface area (Å²) in [7, 11) is 0. The van der Waals surface area contributed by atoms with Gasteiger partial charge >= 0.3 is 0 Å². The second kappa shape index (κ2) is 5.28. The van der Waals surface area contributed by atoms with Crippen LogP contribution in [0, 0.1) is 0 Å². The van der Waals surface area contributed by atoms with Gasteiger partial charge in [0.05, 0.1) is 12.1 Å². The minimum absolute atomic E-state index is 0.0120. The van der Waals surface area contributed by atoms with Crippen molar-refractivity contribution in [2.45, 2.75) is 51.7 Å². The summed E-state index contributed by atoms with van der Waals surface area (Å²) >= 11 is 1.50. The molecule has 19 heavy (non-hydrogen) atoms. The van der Waals surface area contributed by atoms with Gasteiger partial charge in [0, 0.05) is 11.1 Å². The van der Waals surface area contributed by atoms with Crippen molar-refractivity contribution in [3.63, 3.8) is 0 Å². The summed E-state index contributed by atoms with van der Waals surface area (Å²) < 4.78 is 0. The Hall–Kier alpha value is -1.43. The molecule has 1 aromatic rings. The molecule has 1 aliphatic heterocycles. The van der Waals surface area contributed by atoms with Gasteiger partial charge in [-0.25, -0.2) is 0 Å².